The van der Waals surface area contributed by atoms with Crippen LogP contribution in [-0.2, 0) is 13.0 Å². The molecule has 0 N–H and O–H groups in total. The zero-order valence-electron chi connectivity index (χ0n) is 9.84. The van der Waals surface area contributed by atoms with Crippen LogP contribution in [0.4, 0.5) is 0 Å². The van der Waals surface area contributed by atoms with E-state index in [0.29, 0.717) is 0 Å². The molecule has 0 saturated carbocycles. The van der Waals surface area contributed by atoms with Gasteiger partial charge in [-0.25, -0.2) is 4.98 Å². The van der Waals surface area contributed by atoms with E-state index in [1.165, 1.54) is 5.56 Å². The van der Waals surface area contributed by atoms with Crippen LogP contribution in [0.2, 0.25) is 0 Å². The summed E-state index contributed by atoms with van der Waals surface area (Å²) in [7, 11) is 0. The Bertz CT molecular complexity index is 506. The Labute approximate surface area is 102 Å². The molecule has 0 aliphatic heterocycles. The van der Waals surface area contributed by atoms with Gasteiger partial charge in [-0.2, -0.15) is 0 Å². The lowest BCUT2D eigenvalue weighted by atomic mass is 10.1. The van der Waals surface area contributed by atoms with Crippen molar-refractivity contribution in [1.82, 2.24) is 9.55 Å². The van der Waals surface area contributed by atoms with Gasteiger partial charge in [0.1, 0.15) is 5.82 Å². The SMILES string of the molecule is C=CCn1ccnc1Cc1ccc(C=C)cc1. The monoisotopic (exact) mass is 224 g/mol. The zero-order valence-corrected chi connectivity index (χ0v) is 9.84. The van der Waals surface area contributed by atoms with E-state index in [2.05, 4.69) is 47.0 Å². The Kier molecular flexibility index (Phi) is 3.55. The number of allylic oxidation sites excluding steroid dienone is 1. The minimum atomic E-state index is 0.806. The third-order valence-corrected chi connectivity index (χ3v) is 2.71. The summed E-state index contributed by atoms with van der Waals surface area (Å²) in [5.41, 5.74) is 2.40. The lowest BCUT2D eigenvalue weighted by Gasteiger charge is -2.05. The first kappa shape index (κ1) is 11.4. The molecule has 1 aromatic carbocycles. The van der Waals surface area contributed by atoms with Gasteiger partial charge in [0.05, 0.1) is 0 Å². The quantitative estimate of drug-likeness (QED) is 0.712. The second-order valence-corrected chi connectivity index (χ2v) is 3.91. The molecule has 0 saturated heterocycles. The van der Waals surface area contributed by atoms with Gasteiger partial charge in [0.2, 0.25) is 0 Å². The molecule has 1 aromatic heterocycles. The van der Waals surface area contributed by atoms with Crippen molar-refractivity contribution in [1.29, 1.82) is 0 Å². The number of nitrogens with zero attached hydrogens (tertiary/aromatic N) is 2. The maximum absolute atomic E-state index is 4.37. The number of imidazole rings is 1. The van der Waals surface area contributed by atoms with Gasteiger partial charge in [0.25, 0.3) is 0 Å². The summed E-state index contributed by atoms with van der Waals surface area (Å²) >= 11 is 0. The van der Waals surface area contributed by atoms with E-state index in [0.717, 1.165) is 24.4 Å². The molecule has 0 unspecified atom stereocenters. The summed E-state index contributed by atoms with van der Waals surface area (Å²) in [5.74, 6) is 1.07. The van der Waals surface area contributed by atoms with E-state index >= 15 is 0 Å². The van der Waals surface area contributed by atoms with E-state index in [1.54, 1.807) is 0 Å². The Balaban J connectivity index is 2.16. The molecule has 17 heavy (non-hydrogen) atoms. The molecule has 86 valence electrons. The highest BCUT2D eigenvalue weighted by atomic mass is 15.0. The fourth-order valence-electron chi connectivity index (χ4n) is 1.77. The predicted octanol–water partition coefficient (Wildman–Crippen LogP) is 3.30. The van der Waals surface area contributed by atoms with E-state index in [9.17, 15) is 0 Å². The number of hydrogen-bond donors (Lipinski definition) is 0. The lowest BCUT2D eigenvalue weighted by molar-refractivity contribution is 0.758. The first-order chi connectivity index (χ1) is 8.33. The second-order valence-electron chi connectivity index (χ2n) is 3.91. The van der Waals surface area contributed by atoms with E-state index in [4.69, 9.17) is 0 Å². The van der Waals surface area contributed by atoms with Crippen molar-refractivity contribution in [3.8, 4) is 0 Å². The maximum Gasteiger partial charge on any atom is 0.113 e. The average Bonchev–Trinajstić information content (AvgIpc) is 2.78. The van der Waals surface area contributed by atoms with Crippen LogP contribution < -0.4 is 0 Å². The van der Waals surface area contributed by atoms with Crippen LogP contribution in [0, 0.1) is 0 Å². The molecule has 0 aliphatic rings. The molecule has 0 fully saturated rings. The molecule has 2 heteroatoms. The Hall–Kier alpha value is -2.09. The topological polar surface area (TPSA) is 17.8 Å². The number of hydrogen-bond acceptors (Lipinski definition) is 1. The molecule has 2 nitrogen and oxygen atoms in total. The van der Waals surface area contributed by atoms with Crippen molar-refractivity contribution in [3.05, 3.63) is 72.8 Å². The third kappa shape index (κ3) is 2.72. The summed E-state index contributed by atoms with van der Waals surface area (Å²) in [6.45, 7) is 8.30. The van der Waals surface area contributed by atoms with Gasteiger partial charge in [0.15, 0.2) is 0 Å². The highest BCUT2D eigenvalue weighted by Gasteiger charge is 2.02. The molecule has 0 spiro atoms. The normalized spacial score (nSPS) is 10.1. The third-order valence-electron chi connectivity index (χ3n) is 2.71. The molecular formula is C15H16N2. The van der Waals surface area contributed by atoms with Gasteiger partial charge in [-0.05, 0) is 11.1 Å². The van der Waals surface area contributed by atoms with E-state index < -0.39 is 0 Å². The number of rotatable bonds is 5. The second kappa shape index (κ2) is 5.30. The van der Waals surface area contributed by atoms with Crippen molar-refractivity contribution in [2.75, 3.05) is 0 Å². The van der Waals surface area contributed by atoms with Gasteiger partial charge in [-0.3, -0.25) is 0 Å². The van der Waals surface area contributed by atoms with Crippen LogP contribution in [-0.4, -0.2) is 9.55 Å². The Morgan fingerprint density at radius 3 is 2.59 bits per heavy atom. The first-order valence-electron chi connectivity index (χ1n) is 5.66. The molecule has 0 bridgehead atoms. The maximum atomic E-state index is 4.37. The first-order valence-corrected chi connectivity index (χ1v) is 5.66. The molecule has 0 aliphatic carbocycles. The van der Waals surface area contributed by atoms with Crippen LogP contribution in [0.1, 0.15) is 17.0 Å². The van der Waals surface area contributed by atoms with Crippen LogP contribution >= 0.6 is 0 Å². The van der Waals surface area contributed by atoms with Gasteiger partial charge in [-0.15, -0.1) is 6.58 Å². The van der Waals surface area contributed by atoms with Crippen LogP contribution in [0.5, 0.6) is 0 Å². The molecule has 2 rings (SSSR count). The lowest BCUT2D eigenvalue weighted by Crippen LogP contribution is -2.02. The smallest absolute Gasteiger partial charge is 0.113 e. The molecule has 2 aromatic rings. The molecule has 0 radical (unpaired) electrons. The van der Waals surface area contributed by atoms with Gasteiger partial charge in [-0.1, -0.05) is 43.0 Å². The summed E-state index contributed by atoms with van der Waals surface area (Å²) in [4.78, 5) is 4.37. The van der Waals surface area contributed by atoms with Gasteiger partial charge >= 0.3 is 0 Å². The summed E-state index contributed by atoms with van der Waals surface area (Å²) in [5, 5.41) is 0. The molecule has 0 atom stereocenters. The molecular weight excluding hydrogens is 208 g/mol. The number of aromatic nitrogens is 2. The zero-order chi connectivity index (χ0) is 12.1. The molecule has 1 heterocycles. The van der Waals surface area contributed by atoms with E-state index in [-0.39, 0.29) is 0 Å². The largest absolute Gasteiger partial charge is 0.331 e. The fourth-order valence-corrected chi connectivity index (χ4v) is 1.77. The summed E-state index contributed by atoms with van der Waals surface area (Å²) in [6, 6.07) is 8.38. The Morgan fingerprint density at radius 2 is 1.94 bits per heavy atom. The van der Waals surface area contributed by atoms with Crippen molar-refractivity contribution < 1.29 is 0 Å². The number of benzene rings is 1. The molecule has 0 amide bonds. The highest BCUT2D eigenvalue weighted by Crippen LogP contribution is 2.10. The standard InChI is InChI=1S/C15H16N2/c1-3-10-17-11-9-16-15(17)12-14-7-5-13(4-2)6-8-14/h3-9,11H,1-2,10,12H2. The summed E-state index contributed by atoms with van der Waals surface area (Å²) < 4.78 is 2.11. The van der Waals surface area contributed by atoms with E-state index in [1.807, 2.05) is 24.5 Å². The predicted molar refractivity (Wildman–Crippen MR) is 71.8 cm³/mol. The van der Waals surface area contributed by atoms with Crippen molar-refractivity contribution in [2.45, 2.75) is 13.0 Å². The minimum Gasteiger partial charge on any atom is -0.331 e. The van der Waals surface area contributed by atoms with Crippen LogP contribution in [0.25, 0.3) is 6.08 Å². The summed E-state index contributed by atoms with van der Waals surface area (Å²) in [6.07, 6.45) is 8.39. The van der Waals surface area contributed by atoms with Crippen molar-refractivity contribution in [2.24, 2.45) is 0 Å². The van der Waals surface area contributed by atoms with Crippen molar-refractivity contribution in [3.63, 3.8) is 0 Å². The minimum absolute atomic E-state index is 0.806. The van der Waals surface area contributed by atoms with Gasteiger partial charge < -0.3 is 4.57 Å². The van der Waals surface area contributed by atoms with Crippen LogP contribution in [0.3, 0.4) is 0 Å². The highest BCUT2D eigenvalue weighted by molar-refractivity contribution is 5.47. The fraction of sp³-hybridized carbons (Fsp3) is 0.133. The van der Waals surface area contributed by atoms with Gasteiger partial charge in [0, 0.05) is 25.4 Å². The van der Waals surface area contributed by atoms with Crippen LogP contribution in [0.15, 0.2) is 55.9 Å². The Morgan fingerprint density at radius 1 is 1.18 bits per heavy atom. The average molecular weight is 224 g/mol. The van der Waals surface area contributed by atoms with Crippen molar-refractivity contribution >= 4 is 6.08 Å².